The van der Waals surface area contributed by atoms with Gasteiger partial charge in [-0.25, -0.2) is 4.79 Å². The smallest absolute Gasteiger partial charge is 0.326 e. The molecule has 0 saturated heterocycles. The highest BCUT2D eigenvalue weighted by atomic mass is 32.2. The van der Waals surface area contributed by atoms with Crippen molar-refractivity contribution in [3.05, 3.63) is 29.8 Å². The van der Waals surface area contributed by atoms with Gasteiger partial charge in [0.15, 0.2) is 0 Å². The van der Waals surface area contributed by atoms with Crippen LogP contribution in [0.15, 0.2) is 29.2 Å². The molecule has 0 aliphatic rings. The number of carbonyl (C=O) groups excluding carboxylic acids is 1. The molecule has 1 rings (SSSR count). The largest absolute Gasteiger partial charge is 0.480 e. The van der Waals surface area contributed by atoms with E-state index in [1.165, 1.54) is 0 Å². The topological polar surface area (TPSA) is 66.4 Å². The summed E-state index contributed by atoms with van der Waals surface area (Å²) < 4.78 is 0. The molecular weight excluding hydrogens is 294 g/mol. The Balaban J connectivity index is 2.72. The Morgan fingerprint density at radius 3 is 2.75 bits per heavy atom. The van der Waals surface area contributed by atoms with Crippen molar-refractivity contribution in [3.8, 4) is 0 Å². The van der Waals surface area contributed by atoms with Gasteiger partial charge in [0, 0.05) is 10.5 Å². The van der Waals surface area contributed by atoms with Crippen LogP contribution in [0.5, 0.6) is 0 Å². The minimum atomic E-state index is -0.994. The van der Waals surface area contributed by atoms with Crippen LogP contribution in [0, 0.1) is 0 Å². The van der Waals surface area contributed by atoms with Crippen molar-refractivity contribution in [2.75, 3.05) is 17.8 Å². The van der Waals surface area contributed by atoms with Crippen LogP contribution < -0.4 is 5.32 Å². The molecule has 0 aliphatic carbocycles. The van der Waals surface area contributed by atoms with Crippen molar-refractivity contribution in [3.63, 3.8) is 0 Å². The molecule has 1 aromatic rings. The lowest BCUT2D eigenvalue weighted by Crippen LogP contribution is -2.41. The fraction of sp³-hybridized carbons (Fsp3) is 0.429. The maximum Gasteiger partial charge on any atom is 0.326 e. The number of hydrogen-bond acceptors (Lipinski definition) is 4. The molecule has 0 saturated carbocycles. The van der Waals surface area contributed by atoms with E-state index >= 15 is 0 Å². The number of nitrogens with one attached hydrogen (secondary N) is 1. The van der Waals surface area contributed by atoms with E-state index in [4.69, 9.17) is 5.11 Å². The van der Waals surface area contributed by atoms with Crippen LogP contribution in [0.1, 0.15) is 23.7 Å². The van der Waals surface area contributed by atoms with Crippen LogP contribution in [0.3, 0.4) is 0 Å². The molecule has 0 fully saturated rings. The molecule has 20 heavy (non-hydrogen) atoms. The molecule has 6 heteroatoms. The van der Waals surface area contributed by atoms with Gasteiger partial charge in [-0.2, -0.15) is 11.8 Å². The van der Waals surface area contributed by atoms with Gasteiger partial charge in [-0.05, 0) is 42.4 Å². The zero-order valence-electron chi connectivity index (χ0n) is 11.6. The van der Waals surface area contributed by atoms with Gasteiger partial charge in [0.1, 0.15) is 6.04 Å². The predicted molar refractivity (Wildman–Crippen MR) is 84.7 cm³/mol. The fourth-order valence-corrected chi connectivity index (χ4v) is 2.82. The van der Waals surface area contributed by atoms with E-state index in [1.807, 2.05) is 25.3 Å². The number of carboxylic acids is 1. The first-order chi connectivity index (χ1) is 9.58. The maximum absolute atomic E-state index is 12.1. The molecule has 2 N–H and O–H groups in total. The predicted octanol–water partition coefficient (Wildman–Crippen LogP) is 2.73. The van der Waals surface area contributed by atoms with Crippen LogP contribution in [-0.2, 0) is 4.79 Å². The van der Waals surface area contributed by atoms with Crippen molar-refractivity contribution >= 4 is 35.4 Å². The lowest BCUT2D eigenvalue weighted by atomic mass is 10.1. The highest BCUT2D eigenvalue weighted by molar-refractivity contribution is 7.99. The molecule has 1 amide bonds. The van der Waals surface area contributed by atoms with Gasteiger partial charge in [-0.3, -0.25) is 4.79 Å². The van der Waals surface area contributed by atoms with Gasteiger partial charge < -0.3 is 10.4 Å². The molecule has 0 heterocycles. The van der Waals surface area contributed by atoms with Crippen LogP contribution in [0.25, 0.3) is 0 Å². The highest BCUT2D eigenvalue weighted by Gasteiger charge is 2.20. The van der Waals surface area contributed by atoms with Crippen molar-refractivity contribution in [1.82, 2.24) is 5.32 Å². The summed E-state index contributed by atoms with van der Waals surface area (Å²) in [7, 11) is 0. The lowest BCUT2D eigenvalue weighted by molar-refractivity contribution is -0.139. The Kier molecular flexibility index (Phi) is 7.54. The standard InChI is InChI=1S/C14H19NO3S2/c1-3-20-11-6-4-5-10(9-11)13(16)15-12(14(17)18)7-8-19-2/h4-6,9,12H,3,7-8H2,1-2H3,(H,15,16)(H,17,18). The van der Waals surface area contributed by atoms with Crippen molar-refractivity contribution in [1.29, 1.82) is 0 Å². The van der Waals surface area contributed by atoms with Crippen molar-refractivity contribution in [2.45, 2.75) is 24.3 Å². The first-order valence-electron chi connectivity index (χ1n) is 6.34. The summed E-state index contributed by atoms with van der Waals surface area (Å²) in [4.78, 5) is 24.2. The van der Waals surface area contributed by atoms with E-state index in [2.05, 4.69) is 5.32 Å². The number of thioether (sulfide) groups is 2. The summed E-state index contributed by atoms with van der Waals surface area (Å²) in [6, 6.07) is 6.40. The quantitative estimate of drug-likeness (QED) is 0.722. The van der Waals surface area contributed by atoms with Crippen LogP contribution in [-0.4, -0.2) is 40.8 Å². The molecule has 0 radical (unpaired) electrons. The molecular formula is C14H19NO3S2. The third-order valence-corrected chi connectivity index (χ3v) is 4.14. The van der Waals surface area contributed by atoms with Crippen molar-refractivity contribution < 1.29 is 14.7 Å². The minimum absolute atomic E-state index is 0.336. The van der Waals surface area contributed by atoms with Crippen molar-refractivity contribution in [2.24, 2.45) is 0 Å². The summed E-state index contributed by atoms with van der Waals surface area (Å²) in [6.45, 7) is 2.04. The zero-order valence-corrected chi connectivity index (χ0v) is 13.2. The first-order valence-corrected chi connectivity index (χ1v) is 8.72. The van der Waals surface area contributed by atoms with E-state index in [-0.39, 0.29) is 5.91 Å². The fourth-order valence-electron chi connectivity index (χ4n) is 1.63. The molecule has 0 aromatic heterocycles. The Bertz CT molecular complexity index is 465. The molecule has 110 valence electrons. The average Bonchev–Trinajstić information content (AvgIpc) is 2.43. The number of benzene rings is 1. The molecule has 4 nitrogen and oxygen atoms in total. The third kappa shape index (κ3) is 5.46. The van der Waals surface area contributed by atoms with Gasteiger partial charge >= 0.3 is 5.97 Å². The van der Waals surface area contributed by atoms with E-state index in [1.54, 1.807) is 35.7 Å². The molecule has 0 spiro atoms. The van der Waals surface area contributed by atoms with Gasteiger partial charge in [0.05, 0.1) is 0 Å². The number of aliphatic carboxylic acids is 1. The summed E-state index contributed by atoms with van der Waals surface area (Å²) in [6.07, 6.45) is 2.33. The molecule has 1 aromatic carbocycles. The number of carbonyl (C=O) groups is 2. The van der Waals surface area contributed by atoms with E-state index in [9.17, 15) is 9.59 Å². The summed E-state index contributed by atoms with van der Waals surface area (Å²) in [5.41, 5.74) is 0.499. The van der Waals surface area contributed by atoms with Gasteiger partial charge in [0.25, 0.3) is 5.91 Å². The number of rotatable bonds is 8. The van der Waals surface area contributed by atoms with Gasteiger partial charge in [0.2, 0.25) is 0 Å². The molecule has 1 atom stereocenters. The maximum atomic E-state index is 12.1. The summed E-state index contributed by atoms with van der Waals surface area (Å²) in [5, 5.41) is 11.7. The van der Waals surface area contributed by atoms with E-state index in [0.717, 1.165) is 10.6 Å². The minimum Gasteiger partial charge on any atom is -0.480 e. The number of carboxylic acid groups (broad SMARTS) is 1. The van der Waals surface area contributed by atoms with Gasteiger partial charge in [-0.1, -0.05) is 13.0 Å². The van der Waals surface area contributed by atoms with Gasteiger partial charge in [-0.15, -0.1) is 11.8 Å². The lowest BCUT2D eigenvalue weighted by Gasteiger charge is -2.14. The zero-order chi connectivity index (χ0) is 15.0. The molecule has 1 unspecified atom stereocenters. The second-order valence-electron chi connectivity index (χ2n) is 4.11. The Hall–Kier alpha value is -1.14. The van der Waals surface area contributed by atoms with Crippen LogP contribution in [0.2, 0.25) is 0 Å². The summed E-state index contributed by atoms with van der Waals surface area (Å²) >= 11 is 3.21. The Labute approximate surface area is 127 Å². The van der Waals surface area contributed by atoms with Crippen LogP contribution >= 0.6 is 23.5 Å². The Morgan fingerprint density at radius 1 is 1.40 bits per heavy atom. The van der Waals surface area contributed by atoms with E-state index in [0.29, 0.717) is 17.7 Å². The Morgan fingerprint density at radius 2 is 2.15 bits per heavy atom. The van der Waals surface area contributed by atoms with Crippen LogP contribution in [0.4, 0.5) is 0 Å². The summed E-state index contributed by atoms with van der Waals surface area (Å²) in [5.74, 6) is 0.294. The average molecular weight is 313 g/mol. The monoisotopic (exact) mass is 313 g/mol. The SMILES string of the molecule is CCSc1cccc(C(=O)NC(CCSC)C(=O)O)c1. The number of hydrogen-bond donors (Lipinski definition) is 2. The third-order valence-electron chi connectivity index (χ3n) is 2.62. The molecule has 0 bridgehead atoms. The molecule has 0 aliphatic heterocycles. The second-order valence-corrected chi connectivity index (χ2v) is 6.43. The number of amides is 1. The first kappa shape index (κ1) is 16.9. The normalized spacial score (nSPS) is 11.9. The highest BCUT2D eigenvalue weighted by Crippen LogP contribution is 2.18. The second kappa shape index (κ2) is 8.92. The van der Waals surface area contributed by atoms with E-state index < -0.39 is 12.0 Å².